The molecule has 0 aliphatic rings. The van der Waals surface area contributed by atoms with Gasteiger partial charge in [0.15, 0.2) is 5.78 Å². The van der Waals surface area contributed by atoms with Gasteiger partial charge in [0, 0.05) is 5.56 Å². The first kappa shape index (κ1) is 22.2. The van der Waals surface area contributed by atoms with E-state index >= 15 is 0 Å². The number of aromatic hydroxyl groups is 1. The monoisotopic (exact) mass is 382 g/mol. The quantitative estimate of drug-likeness (QED) is 0.338. The number of carbonyl (C=O) groups is 1. The number of aliphatic hydroxyl groups is 1. The smallest absolute Gasteiger partial charge is 0.196 e. The van der Waals surface area contributed by atoms with Crippen molar-refractivity contribution >= 4 is 5.78 Å². The number of phenols is 1. The highest BCUT2D eigenvalue weighted by atomic mass is 16.3. The maximum absolute atomic E-state index is 12.8. The molecule has 0 bridgehead atoms. The van der Waals surface area contributed by atoms with E-state index in [1.54, 1.807) is 25.1 Å². The van der Waals surface area contributed by atoms with Gasteiger partial charge in [0.25, 0.3) is 0 Å². The summed E-state index contributed by atoms with van der Waals surface area (Å²) in [4.78, 5) is 12.8. The summed E-state index contributed by atoms with van der Waals surface area (Å²) in [5, 5.41) is 20.8. The third-order valence-electron chi connectivity index (χ3n) is 5.32. The minimum Gasteiger partial charge on any atom is -0.507 e. The average Bonchev–Trinajstić information content (AvgIpc) is 2.70. The van der Waals surface area contributed by atoms with Crippen molar-refractivity contribution in [3.05, 3.63) is 65.2 Å². The largest absolute Gasteiger partial charge is 0.507 e. The van der Waals surface area contributed by atoms with Crippen molar-refractivity contribution in [2.45, 2.75) is 77.2 Å². The van der Waals surface area contributed by atoms with Crippen LogP contribution in [-0.4, -0.2) is 22.1 Å². The van der Waals surface area contributed by atoms with Crippen LogP contribution in [0.2, 0.25) is 0 Å². The van der Waals surface area contributed by atoms with Crippen molar-refractivity contribution in [1.82, 2.24) is 0 Å². The molecule has 152 valence electrons. The Hall–Kier alpha value is -2.13. The van der Waals surface area contributed by atoms with Crippen LogP contribution in [0.5, 0.6) is 5.75 Å². The lowest BCUT2D eigenvalue weighted by Gasteiger charge is -2.21. The number of hydrogen-bond acceptors (Lipinski definition) is 3. The summed E-state index contributed by atoms with van der Waals surface area (Å²) < 4.78 is 0. The zero-order chi connectivity index (χ0) is 20.4. The lowest BCUT2D eigenvalue weighted by atomic mass is 9.86. The summed E-state index contributed by atoms with van der Waals surface area (Å²) in [6.45, 7) is 4.00. The van der Waals surface area contributed by atoms with Gasteiger partial charge in [0.1, 0.15) is 5.75 Å². The molecule has 0 aliphatic carbocycles. The second kappa shape index (κ2) is 11.7. The predicted molar refractivity (Wildman–Crippen MR) is 115 cm³/mol. The number of phenolic OH excluding ortho intramolecular Hbond substituents is 1. The molecule has 28 heavy (non-hydrogen) atoms. The van der Waals surface area contributed by atoms with Crippen molar-refractivity contribution in [1.29, 1.82) is 0 Å². The van der Waals surface area contributed by atoms with E-state index < -0.39 is 6.10 Å². The molecular weight excluding hydrogens is 348 g/mol. The number of hydrogen-bond donors (Lipinski definition) is 2. The second-order valence-corrected chi connectivity index (χ2v) is 7.78. The Bertz CT molecular complexity index is 722. The minimum atomic E-state index is -0.446. The summed E-state index contributed by atoms with van der Waals surface area (Å²) in [6, 6.07) is 14.4. The minimum absolute atomic E-state index is 0.0506. The molecule has 2 aromatic rings. The van der Waals surface area contributed by atoms with E-state index in [-0.39, 0.29) is 17.5 Å². The molecule has 0 aromatic heterocycles. The van der Waals surface area contributed by atoms with Crippen LogP contribution >= 0.6 is 0 Å². The molecule has 0 aliphatic heterocycles. The molecule has 0 saturated heterocycles. The number of rotatable bonds is 12. The van der Waals surface area contributed by atoms with Crippen molar-refractivity contribution in [2.24, 2.45) is 0 Å². The Balaban J connectivity index is 2.15. The molecule has 0 heterocycles. The zero-order valence-electron chi connectivity index (χ0n) is 17.2. The first-order valence-corrected chi connectivity index (χ1v) is 10.6. The molecule has 2 rings (SSSR count). The van der Waals surface area contributed by atoms with Crippen LogP contribution in [0.15, 0.2) is 48.5 Å². The van der Waals surface area contributed by atoms with Gasteiger partial charge in [-0.05, 0) is 37.3 Å². The standard InChI is InChI=1S/C25H34O3/c1-3-4-5-6-7-9-15-21(18-19(2)26)22-16-12-17-23(25(22)28)24(27)20-13-10-8-11-14-20/h8,10-14,16-17,19,21,26,28H,3-7,9,15,18H2,1-2H3. The van der Waals surface area contributed by atoms with Crippen molar-refractivity contribution in [2.75, 3.05) is 0 Å². The molecule has 0 fully saturated rings. The van der Waals surface area contributed by atoms with Gasteiger partial charge in [-0.1, -0.05) is 87.9 Å². The third kappa shape index (κ3) is 6.49. The summed E-state index contributed by atoms with van der Waals surface area (Å²) >= 11 is 0. The highest BCUT2D eigenvalue weighted by Crippen LogP contribution is 2.36. The molecular formula is C25H34O3. The number of aliphatic hydroxyl groups excluding tert-OH is 1. The van der Waals surface area contributed by atoms with E-state index in [4.69, 9.17) is 0 Å². The maximum atomic E-state index is 12.8. The van der Waals surface area contributed by atoms with Crippen LogP contribution in [-0.2, 0) is 0 Å². The van der Waals surface area contributed by atoms with Crippen LogP contribution in [0.4, 0.5) is 0 Å². The predicted octanol–water partition coefficient (Wildman–Crippen LogP) is 6.23. The Morgan fingerprint density at radius 1 is 0.929 bits per heavy atom. The van der Waals surface area contributed by atoms with E-state index in [1.807, 2.05) is 30.3 Å². The van der Waals surface area contributed by atoms with Crippen LogP contribution in [0.3, 0.4) is 0 Å². The van der Waals surface area contributed by atoms with Gasteiger partial charge in [0.05, 0.1) is 11.7 Å². The average molecular weight is 383 g/mol. The molecule has 3 heteroatoms. The number of unbranched alkanes of at least 4 members (excludes halogenated alkanes) is 5. The lowest BCUT2D eigenvalue weighted by molar-refractivity contribution is 0.103. The molecule has 0 amide bonds. The van der Waals surface area contributed by atoms with Crippen molar-refractivity contribution in [3.8, 4) is 5.75 Å². The van der Waals surface area contributed by atoms with E-state index in [2.05, 4.69) is 6.92 Å². The van der Waals surface area contributed by atoms with Gasteiger partial charge in [-0.2, -0.15) is 0 Å². The molecule has 2 unspecified atom stereocenters. The molecule has 2 atom stereocenters. The Kier molecular flexibility index (Phi) is 9.22. The van der Waals surface area contributed by atoms with E-state index in [0.29, 0.717) is 17.5 Å². The zero-order valence-corrected chi connectivity index (χ0v) is 17.2. The summed E-state index contributed by atoms with van der Waals surface area (Å²) in [6.07, 6.45) is 8.30. The Morgan fingerprint density at radius 2 is 1.61 bits per heavy atom. The summed E-state index contributed by atoms with van der Waals surface area (Å²) in [5.41, 5.74) is 1.68. The summed E-state index contributed by atoms with van der Waals surface area (Å²) in [7, 11) is 0. The fourth-order valence-corrected chi connectivity index (χ4v) is 3.80. The van der Waals surface area contributed by atoms with Gasteiger partial charge < -0.3 is 10.2 Å². The van der Waals surface area contributed by atoms with Gasteiger partial charge in [-0.15, -0.1) is 0 Å². The molecule has 0 spiro atoms. The Labute approximate surface area is 169 Å². The van der Waals surface area contributed by atoms with Crippen LogP contribution in [0, 0.1) is 0 Å². The van der Waals surface area contributed by atoms with E-state index in [0.717, 1.165) is 18.4 Å². The number of benzene rings is 2. The topological polar surface area (TPSA) is 57.5 Å². The first-order valence-electron chi connectivity index (χ1n) is 10.6. The highest BCUT2D eigenvalue weighted by Gasteiger charge is 2.22. The fourth-order valence-electron chi connectivity index (χ4n) is 3.80. The molecule has 0 saturated carbocycles. The number of carbonyl (C=O) groups excluding carboxylic acids is 1. The normalized spacial score (nSPS) is 13.2. The van der Waals surface area contributed by atoms with E-state index in [9.17, 15) is 15.0 Å². The van der Waals surface area contributed by atoms with Crippen LogP contribution in [0.25, 0.3) is 0 Å². The summed E-state index contributed by atoms with van der Waals surface area (Å²) in [5.74, 6) is -0.0574. The highest BCUT2D eigenvalue weighted by molar-refractivity contribution is 6.10. The maximum Gasteiger partial charge on any atom is 0.196 e. The SMILES string of the molecule is CCCCCCCCC(CC(C)O)c1cccc(C(=O)c2ccccc2)c1O. The van der Waals surface area contributed by atoms with Crippen molar-refractivity contribution in [3.63, 3.8) is 0 Å². The molecule has 3 nitrogen and oxygen atoms in total. The van der Waals surface area contributed by atoms with E-state index in [1.165, 1.54) is 32.1 Å². The molecule has 2 N–H and O–H groups in total. The van der Waals surface area contributed by atoms with Gasteiger partial charge in [0.2, 0.25) is 0 Å². The van der Waals surface area contributed by atoms with Crippen molar-refractivity contribution < 1.29 is 15.0 Å². The third-order valence-corrected chi connectivity index (χ3v) is 5.32. The molecule has 0 radical (unpaired) electrons. The lowest BCUT2D eigenvalue weighted by Crippen LogP contribution is -2.11. The fraction of sp³-hybridized carbons (Fsp3) is 0.480. The van der Waals surface area contributed by atoms with Gasteiger partial charge in [-0.3, -0.25) is 4.79 Å². The second-order valence-electron chi connectivity index (χ2n) is 7.78. The van der Waals surface area contributed by atoms with Crippen LogP contribution < -0.4 is 0 Å². The van der Waals surface area contributed by atoms with Gasteiger partial charge in [-0.25, -0.2) is 0 Å². The number of para-hydroxylation sites is 1. The van der Waals surface area contributed by atoms with Crippen LogP contribution in [0.1, 0.15) is 92.6 Å². The van der Waals surface area contributed by atoms with Gasteiger partial charge >= 0.3 is 0 Å². The molecule has 2 aromatic carbocycles. The Morgan fingerprint density at radius 3 is 2.29 bits per heavy atom. The number of ketones is 1. The first-order chi connectivity index (χ1) is 13.5.